The van der Waals surface area contributed by atoms with Crippen molar-refractivity contribution in [2.45, 2.75) is 96.6 Å². The molecule has 0 saturated heterocycles. The van der Waals surface area contributed by atoms with E-state index in [4.69, 9.17) is 0 Å². The summed E-state index contributed by atoms with van der Waals surface area (Å²) in [7, 11) is 1.43. The molecule has 0 aromatic carbocycles. The average molecular weight is 314 g/mol. The molecule has 0 unspecified atom stereocenters. The maximum Gasteiger partial charge on any atom is 0.305 e. The normalized spacial score (nSPS) is 12.7. The van der Waals surface area contributed by atoms with Crippen molar-refractivity contribution in [2.24, 2.45) is 0 Å². The largest absolute Gasteiger partial charge is 0.469 e. The second-order valence-electron chi connectivity index (χ2n) is 6.04. The Kier molecular flexibility index (Phi) is 15.9. The molecule has 0 fully saturated rings. The average Bonchev–Trinajstić information content (AvgIpc) is 2.53. The minimum atomic E-state index is -0.661. The van der Waals surface area contributed by atoms with Gasteiger partial charge in [-0.05, 0) is 32.1 Å². The highest BCUT2D eigenvalue weighted by Gasteiger charge is 2.03. The lowest BCUT2D eigenvalue weighted by Gasteiger charge is -2.04. The van der Waals surface area contributed by atoms with E-state index < -0.39 is 6.17 Å². The number of ether oxygens (including phenoxy) is 1. The molecule has 0 heterocycles. The van der Waals surface area contributed by atoms with E-state index in [1.807, 2.05) is 6.08 Å². The van der Waals surface area contributed by atoms with Crippen LogP contribution in [-0.2, 0) is 9.53 Å². The van der Waals surface area contributed by atoms with Crippen molar-refractivity contribution in [3.63, 3.8) is 0 Å². The van der Waals surface area contributed by atoms with Crippen molar-refractivity contribution in [3.05, 3.63) is 12.2 Å². The third-order valence-corrected chi connectivity index (χ3v) is 3.91. The molecule has 2 nitrogen and oxygen atoms in total. The molecule has 0 rings (SSSR count). The Morgan fingerprint density at radius 3 is 2.41 bits per heavy atom. The summed E-state index contributed by atoms with van der Waals surface area (Å²) in [6, 6.07) is 0. The highest BCUT2D eigenvalue weighted by molar-refractivity contribution is 5.68. The second kappa shape index (κ2) is 16.5. The summed E-state index contributed by atoms with van der Waals surface area (Å²) in [4.78, 5) is 10.9. The zero-order valence-electron chi connectivity index (χ0n) is 14.6. The lowest BCUT2D eigenvalue weighted by Crippen LogP contribution is -1.99. The van der Waals surface area contributed by atoms with E-state index in [1.54, 1.807) is 0 Å². The van der Waals surface area contributed by atoms with Crippen LogP contribution in [-0.4, -0.2) is 19.3 Å². The zero-order chi connectivity index (χ0) is 16.5. The fourth-order valence-electron chi connectivity index (χ4n) is 2.44. The molecule has 0 aliphatic heterocycles. The molecule has 130 valence electrons. The fourth-order valence-corrected chi connectivity index (χ4v) is 2.44. The number of alkyl halides is 1. The van der Waals surface area contributed by atoms with Crippen LogP contribution in [0.5, 0.6) is 0 Å². The van der Waals surface area contributed by atoms with Gasteiger partial charge in [0.2, 0.25) is 0 Å². The van der Waals surface area contributed by atoms with Crippen LogP contribution in [0.1, 0.15) is 90.4 Å². The van der Waals surface area contributed by atoms with Gasteiger partial charge < -0.3 is 4.74 Å². The molecule has 0 bridgehead atoms. The van der Waals surface area contributed by atoms with Crippen LogP contribution in [0.4, 0.5) is 4.39 Å². The quantitative estimate of drug-likeness (QED) is 0.206. The van der Waals surface area contributed by atoms with E-state index in [0.717, 1.165) is 44.9 Å². The van der Waals surface area contributed by atoms with Crippen LogP contribution in [0.2, 0.25) is 0 Å². The molecule has 0 aliphatic carbocycles. The molecule has 0 amide bonds. The van der Waals surface area contributed by atoms with Crippen molar-refractivity contribution >= 4 is 5.97 Å². The standard InChI is InChI=1S/C19H35FO2/c1-3-4-5-12-15-18(20)16-13-10-8-6-7-9-11-14-17-19(21)22-2/h10,13,18H,3-9,11-12,14-17H2,1-2H3/b13-10+/t18-/m0/s1. The lowest BCUT2D eigenvalue weighted by atomic mass is 10.1. The van der Waals surface area contributed by atoms with Gasteiger partial charge in [-0.2, -0.15) is 0 Å². The third kappa shape index (κ3) is 15.5. The predicted molar refractivity (Wildman–Crippen MR) is 91.7 cm³/mol. The van der Waals surface area contributed by atoms with E-state index in [0.29, 0.717) is 19.3 Å². The summed E-state index contributed by atoms with van der Waals surface area (Å²) in [6.07, 6.45) is 16.4. The summed E-state index contributed by atoms with van der Waals surface area (Å²) in [5.41, 5.74) is 0. The van der Waals surface area contributed by atoms with E-state index >= 15 is 0 Å². The van der Waals surface area contributed by atoms with Crippen LogP contribution in [0.25, 0.3) is 0 Å². The number of rotatable bonds is 15. The molecule has 3 heteroatoms. The Morgan fingerprint density at radius 1 is 1.00 bits per heavy atom. The molecule has 22 heavy (non-hydrogen) atoms. The molecule has 0 aromatic heterocycles. The number of methoxy groups -OCH3 is 1. The van der Waals surface area contributed by atoms with Gasteiger partial charge in [-0.25, -0.2) is 4.39 Å². The molecule has 0 N–H and O–H groups in total. The van der Waals surface area contributed by atoms with Gasteiger partial charge in [0.1, 0.15) is 6.17 Å². The molecule has 0 saturated carbocycles. The van der Waals surface area contributed by atoms with Gasteiger partial charge in [0, 0.05) is 6.42 Å². The lowest BCUT2D eigenvalue weighted by molar-refractivity contribution is -0.140. The van der Waals surface area contributed by atoms with Crippen molar-refractivity contribution in [1.82, 2.24) is 0 Å². The predicted octanol–water partition coefficient (Wildman–Crippen LogP) is 6.14. The first-order valence-corrected chi connectivity index (χ1v) is 9.06. The van der Waals surface area contributed by atoms with Crippen LogP contribution < -0.4 is 0 Å². The Balaban J connectivity index is 3.28. The Labute approximate surface area is 136 Å². The van der Waals surface area contributed by atoms with Crippen LogP contribution in [0.3, 0.4) is 0 Å². The number of halogens is 1. The van der Waals surface area contributed by atoms with Crippen molar-refractivity contribution in [3.8, 4) is 0 Å². The Bertz CT molecular complexity index is 277. The Morgan fingerprint density at radius 2 is 1.68 bits per heavy atom. The summed E-state index contributed by atoms with van der Waals surface area (Å²) >= 11 is 0. The van der Waals surface area contributed by atoms with Crippen LogP contribution >= 0.6 is 0 Å². The van der Waals surface area contributed by atoms with Gasteiger partial charge >= 0.3 is 5.97 Å². The summed E-state index contributed by atoms with van der Waals surface area (Å²) in [5, 5.41) is 0. The van der Waals surface area contributed by atoms with Crippen LogP contribution in [0, 0.1) is 0 Å². The first-order chi connectivity index (χ1) is 10.7. The van der Waals surface area contributed by atoms with E-state index in [9.17, 15) is 9.18 Å². The van der Waals surface area contributed by atoms with Gasteiger partial charge in [0.15, 0.2) is 0 Å². The molecule has 0 aromatic rings. The molecular weight excluding hydrogens is 279 g/mol. The molecular formula is C19H35FO2. The third-order valence-electron chi connectivity index (χ3n) is 3.91. The maximum atomic E-state index is 13.6. The summed E-state index contributed by atoms with van der Waals surface area (Å²) in [5.74, 6) is -0.113. The first kappa shape index (κ1) is 21.1. The fraction of sp³-hybridized carbons (Fsp3) is 0.842. The topological polar surface area (TPSA) is 26.3 Å². The number of carbonyl (C=O) groups excluding carboxylic acids is 1. The molecule has 0 radical (unpaired) electrons. The van der Waals surface area contributed by atoms with Crippen molar-refractivity contribution < 1.29 is 13.9 Å². The van der Waals surface area contributed by atoms with Crippen molar-refractivity contribution in [2.75, 3.05) is 7.11 Å². The van der Waals surface area contributed by atoms with Gasteiger partial charge in [0.25, 0.3) is 0 Å². The highest BCUT2D eigenvalue weighted by Crippen LogP contribution is 2.12. The smallest absolute Gasteiger partial charge is 0.305 e. The summed E-state index contributed by atoms with van der Waals surface area (Å²) in [6.45, 7) is 2.18. The molecule has 1 atom stereocenters. The van der Waals surface area contributed by atoms with E-state index in [-0.39, 0.29) is 5.97 Å². The van der Waals surface area contributed by atoms with Gasteiger partial charge in [0.05, 0.1) is 7.11 Å². The van der Waals surface area contributed by atoms with E-state index in [2.05, 4.69) is 17.7 Å². The van der Waals surface area contributed by atoms with Gasteiger partial charge in [-0.1, -0.05) is 64.0 Å². The number of allylic oxidation sites excluding steroid dienone is 2. The minimum absolute atomic E-state index is 0.113. The maximum absolute atomic E-state index is 13.6. The first-order valence-electron chi connectivity index (χ1n) is 9.06. The van der Waals surface area contributed by atoms with E-state index in [1.165, 1.54) is 26.4 Å². The number of unbranched alkanes of at least 4 members (excludes halogenated alkanes) is 8. The van der Waals surface area contributed by atoms with Crippen LogP contribution in [0.15, 0.2) is 12.2 Å². The van der Waals surface area contributed by atoms with Crippen molar-refractivity contribution in [1.29, 1.82) is 0 Å². The number of hydrogen-bond donors (Lipinski definition) is 0. The monoisotopic (exact) mass is 314 g/mol. The van der Waals surface area contributed by atoms with Gasteiger partial charge in [-0.3, -0.25) is 4.79 Å². The number of carbonyl (C=O) groups is 1. The molecule has 0 spiro atoms. The highest BCUT2D eigenvalue weighted by atomic mass is 19.1. The zero-order valence-corrected chi connectivity index (χ0v) is 14.6. The number of esters is 1. The summed E-state index contributed by atoms with van der Waals surface area (Å²) < 4.78 is 18.1. The second-order valence-corrected chi connectivity index (χ2v) is 6.04. The number of hydrogen-bond acceptors (Lipinski definition) is 2. The van der Waals surface area contributed by atoms with Gasteiger partial charge in [-0.15, -0.1) is 0 Å². The molecule has 0 aliphatic rings. The Hall–Kier alpha value is -0.860. The SMILES string of the molecule is CCCCCC[C@H](F)C/C=C/CCCCCCCC(=O)OC. The minimum Gasteiger partial charge on any atom is -0.469 e.